The number of nitro groups is 1. The standard InChI is InChI=1S/C16H25N3O2/c1-12(2)11-18(14-6-4-5-7-14)15-8-13(17-3)9-16(10-15)19(20)21/h8-10,12,14,17H,4-7,11H2,1-3H3. The monoisotopic (exact) mass is 291 g/mol. The van der Waals surface area contributed by atoms with Crippen LogP contribution in [-0.2, 0) is 0 Å². The van der Waals surface area contributed by atoms with Crippen molar-refractivity contribution < 1.29 is 4.92 Å². The first kappa shape index (κ1) is 15.6. The van der Waals surface area contributed by atoms with Crippen LogP contribution in [0.1, 0.15) is 39.5 Å². The Balaban J connectivity index is 2.37. The molecular formula is C16H25N3O2. The van der Waals surface area contributed by atoms with E-state index in [0.717, 1.165) is 17.9 Å². The third kappa shape index (κ3) is 3.86. The average molecular weight is 291 g/mol. The summed E-state index contributed by atoms with van der Waals surface area (Å²) < 4.78 is 0. The molecule has 1 fully saturated rings. The summed E-state index contributed by atoms with van der Waals surface area (Å²) in [4.78, 5) is 13.2. The number of hydrogen-bond donors (Lipinski definition) is 1. The Bertz CT molecular complexity index is 496. The number of nitrogens with zero attached hydrogens (tertiary/aromatic N) is 2. The van der Waals surface area contributed by atoms with Crippen molar-refractivity contribution >= 4 is 17.1 Å². The number of rotatable bonds is 6. The van der Waals surface area contributed by atoms with E-state index >= 15 is 0 Å². The maximum absolute atomic E-state index is 11.1. The molecule has 1 aliphatic rings. The molecule has 0 radical (unpaired) electrons. The summed E-state index contributed by atoms with van der Waals surface area (Å²) in [7, 11) is 1.80. The van der Waals surface area contributed by atoms with Gasteiger partial charge in [0.25, 0.3) is 5.69 Å². The Labute approximate surface area is 126 Å². The van der Waals surface area contributed by atoms with Gasteiger partial charge >= 0.3 is 0 Å². The van der Waals surface area contributed by atoms with Gasteiger partial charge in [-0.15, -0.1) is 0 Å². The summed E-state index contributed by atoms with van der Waals surface area (Å²) in [6.07, 6.45) is 4.88. The fraction of sp³-hybridized carbons (Fsp3) is 0.625. The smallest absolute Gasteiger partial charge is 0.273 e. The highest BCUT2D eigenvalue weighted by Crippen LogP contribution is 2.33. The van der Waals surface area contributed by atoms with Gasteiger partial charge < -0.3 is 10.2 Å². The zero-order valence-electron chi connectivity index (χ0n) is 13.1. The van der Waals surface area contributed by atoms with Gasteiger partial charge in [-0.2, -0.15) is 0 Å². The Morgan fingerprint density at radius 3 is 2.52 bits per heavy atom. The molecule has 0 saturated heterocycles. The summed E-state index contributed by atoms with van der Waals surface area (Å²) in [6.45, 7) is 5.32. The molecule has 1 saturated carbocycles. The lowest BCUT2D eigenvalue weighted by Gasteiger charge is -2.33. The fourth-order valence-corrected chi connectivity index (χ4v) is 3.09. The molecule has 0 aromatic heterocycles. The van der Waals surface area contributed by atoms with E-state index in [0.29, 0.717) is 12.0 Å². The first-order chi connectivity index (χ1) is 10.0. The van der Waals surface area contributed by atoms with Crippen molar-refractivity contribution in [1.82, 2.24) is 0 Å². The van der Waals surface area contributed by atoms with Crippen molar-refractivity contribution in [3.8, 4) is 0 Å². The lowest BCUT2D eigenvalue weighted by molar-refractivity contribution is -0.384. The molecule has 21 heavy (non-hydrogen) atoms. The van der Waals surface area contributed by atoms with Crippen molar-refractivity contribution in [3.63, 3.8) is 0 Å². The molecule has 0 heterocycles. The van der Waals surface area contributed by atoms with Crippen LogP contribution in [0.3, 0.4) is 0 Å². The van der Waals surface area contributed by atoms with E-state index in [1.165, 1.54) is 25.7 Å². The SMILES string of the molecule is CNc1cc(N(CC(C)C)C2CCCC2)cc([N+](=O)[O-])c1. The van der Waals surface area contributed by atoms with Crippen LogP contribution >= 0.6 is 0 Å². The predicted molar refractivity (Wildman–Crippen MR) is 87.1 cm³/mol. The fourth-order valence-electron chi connectivity index (χ4n) is 3.09. The van der Waals surface area contributed by atoms with Crippen LogP contribution in [-0.4, -0.2) is 24.6 Å². The average Bonchev–Trinajstić information content (AvgIpc) is 2.97. The van der Waals surface area contributed by atoms with Crippen LogP contribution in [0.4, 0.5) is 17.1 Å². The van der Waals surface area contributed by atoms with E-state index in [-0.39, 0.29) is 10.6 Å². The zero-order valence-corrected chi connectivity index (χ0v) is 13.1. The van der Waals surface area contributed by atoms with Crippen molar-refractivity contribution in [2.75, 3.05) is 23.8 Å². The van der Waals surface area contributed by atoms with Crippen LogP contribution in [0.5, 0.6) is 0 Å². The molecule has 0 bridgehead atoms. The molecule has 116 valence electrons. The highest BCUT2D eigenvalue weighted by Gasteiger charge is 2.25. The van der Waals surface area contributed by atoms with Gasteiger partial charge in [-0.1, -0.05) is 26.7 Å². The van der Waals surface area contributed by atoms with Gasteiger partial charge in [0.2, 0.25) is 0 Å². The van der Waals surface area contributed by atoms with E-state index < -0.39 is 0 Å². The summed E-state index contributed by atoms with van der Waals surface area (Å²) in [5.41, 5.74) is 1.92. The topological polar surface area (TPSA) is 58.4 Å². The molecule has 0 aliphatic heterocycles. The highest BCUT2D eigenvalue weighted by atomic mass is 16.6. The second-order valence-corrected chi connectivity index (χ2v) is 6.23. The van der Waals surface area contributed by atoms with Crippen molar-refractivity contribution in [2.24, 2.45) is 5.92 Å². The predicted octanol–water partition coefficient (Wildman–Crippen LogP) is 4.04. The Kier molecular flexibility index (Phi) is 5.04. The highest BCUT2D eigenvalue weighted by molar-refractivity contribution is 5.64. The maximum Gasteiger partial charge on any atom is 0.273 e. The molecule has 0 amide bonds. The molecule has 1 N–H and O–H groups in total. The molecule has 1 aromatic rings. The van der Waals surface area contributed by atoms with Crippen LogP contribution in [0, 0.1) is 16.0 Å². The van der Waals surface area contributed by atoms with Gasteiger partial charge in [0.1, 0.15) is 0 Å². The third-order valence-electron chi connectivity index (χ3n) is 4.06. The summed E-state index contributed by atoms with van der Waals surface area (Å²) in [6, 6.07) is 5.83. The van der Waals surface area contributed by atoms with Crippen molar-refractivity contribution in [2.45, 2.75) is 45.6 Å². The number of benzene rings is 1. The van der Waals surface area contributed by atoms with Gasteiger partial charge in [-0.3, -0.25) is 10.1 Å². The quantitative estimate of drug-likeness (QED) is 0.634. The van der Waals surface area contributed by atoms with Crippen LogP contribution < -0.4 is 10.2 Å². The maximum atomic E-state index is 11.1. The first-order valence-electron chi connectivity index (χ1n) is 7.75. The van der Waals surface area contributed by atoms with E-state index in [1.54, 1.807) is 19.2 Å². The van der Waals surface area contributed by atoms with E-state index in [1.807, 2.05) is 6.07 Å². The molecule has 0 unspecified atom stereocenters. The van der Waals surface area contributed by atoms with Crippen molar-refractivity contribution in [3.05, 3.63) is 28.3 Å². The first-order valence-corrected chi connectivity index (χ1v) is 7.75. The molecular weight excluding hydrogens is 266 g/mol. The second-order valence-electron chi connectivity index (χ2n) is 6.23. The summed E-state index contributed by atoms with van der Waals surface area (Å²) in [5, 5.41) is 14.2. The molecule has 0 spiro atoms. The normalized spacial score (nSPS) is 15.4. The largest absolute Gasteiger partial charge is 0.388 e. The number of hydrogen-bond acceptors (Lipinski definition) is 4. The molecule has 5 heteroatoms. The lowest BCUT2D eigenvalue weighted by Crippen LogP contribution is -2.36. The zero-order chi connectivity index (χ0) is 15.4. The Hall–Kier alpha value is -1.78. The number of anilines is 2. The molecule has 0 atom stereocenters. The van der Waals surface area contributed by atoms with Crippen LogP contribution in [0.25, 0.3) is 0 Å². The minimum Gasteiger partial charge on any atom is -0.388 e. The van der Waals surface area contributed by atoms with Gasteiger partial charge in [-0.05, 0) is 24.8 Å². The number of nitro benzene ring substituents is 1. The Morgan fingerprint density at radius 2 is 2.00 bits per heavy atom. The third-order valence-corrected chi connectivity index (χ3v) is 4.06. The lowest BCUT2D eigenvalue weighted by atomic mass is 10.1. The molecule has 1 aliphatic carbocycles. The minimum atomic E-state index is -0.313. The number of nitrogens with one attached hydrogen (secondary N) is 1. The Morgan fingerprint density at radius 1 is 1.33 bits per heavy atom. The summed E-state index contributed by atoms with van der Waals surface area (Å²) in [5.74, 6) is 0.530. The van der Waals surface area contributed by atoms with Gasteiger partial charge in [0.05, 0.1) is 4.92 Å². The van der Waals surface area contributed by atoms with Gasteiger partial charge in [0.15, 0.2) is 0 Å². The van der Waals surface area contributed by atoms with Gasteiger partial charge in [-0.25, -0.2) is 0 Å². The molecule has 2 rings (SSSR count). The number of non-ortho nitro benzene ring substituents is 1. The minimum absolute atomic E-state index is 0.156. The summed E-state index contributed by atoms with van der Waals surface area (Å²) >= 11 is 0. The van der Waals surface area contributed by atoms with E-state index in [2.05, 4.69) is 24.1 Å². The second kappa shape index (κ2) is 6.78. The van der Waals surface area contributed by atoms with E-state index in [4.69, 9.17) is 0 Å². The van der Waals surface area contributed by atoms with E-state index in [9.17, 15) is 10.1 Å². The van der Waals surface area contributed by atoms with Crippen molar-refractivity contribution in [1.29, 1.82) is 0 Å². The van der Waals surface area contributed by atoms with Crippen LogP contribution in [0.2, 0.25) is 0 Å². The van der Waals surface area contributed by atoms with Gasteiger partial charge in [0, 0.05) is 43.1 Å². The molecule has 5 nitrogen and oxygen atoms in total. The van der Waals surface area contributed by atoms with Crippen LogP contribution in [0.15, 0.2) is 18.2 Å². The molecule has 1 aromatic carbocycles.